The van der Waals surface area contributed by atoms with E-state index in [0.29, 0.717) is 34.2 Å². The van der Waals surface area contributed by atoms with Crippen molar-refractivity contribution in [3.63, 3.8) is 0 Å². The fourth-order valence-corrected chi connectivity index (χ4v) is 2.36. The number of rotatable bonds is 6. The highest BCUT2D eigenvalue weighted by Crippen LogP contribution is 2.45. The van der Waals surface area contributed by atoms with Gasteiger partial charge in [-0.1, -0.05) is 0 Å². The lowest BCUT2D eigenvalue weighted by atomic mass is 10.1. The number of aryl methyl sites for hydroxylation is 1. The van der Waals surface area contributed by atoms with E-state index in [0.717, 1.165) is 5.56 Å². The molecule has 0 saturated carbocycles. The summed E-state index contributed by atoms with van der Waals surface area (Å²) >= 11 is 0. The molecule has 24 heavy (non-hydrogen) atoms. The van der Waals surface area contributed by atoms with Crippen LogP contribution in [0.5, 0.6) is 23.0 Å². The number of ether oxygens (including phenoxy) is 4. The minimum atomic E-state index is -0.258. The first-order chi connectivity index (χ1) is 11.5. The lowest BCUT2D eigenvalue weighted by molar-refractivity contribution is 0.102. The standard InChI is InChI=1S/C18H21NO5/c1-11-10-14(22-3)16(23-4)17(24-5)15(11)19-18(20)12-6-8-13(21-2)9-7-12/h6-10H,1-5H3,(H,19,20). The van der Waals surface area contributed by atoms with E-state index in [4.69, 9.17) is 18.9 Å². The molecule has 0 aromatic heterocycles. The second kappa shape index (κ2) is 7.59. The molecule has 0 atom stereocenters. The summed E-state index contributed by atoms with van der Waals surface area (Å²) in [6.45, 7) is 1.86. The average Bonchev–Trinajstić information content (AvgIpc) is 2.62. The van der Waals surface area contributed by atoms with Gasteiger partial charge < -0.3 is 24.3 Å². The summed E-state index contributed by atoms with van der Waals surface area (Å²) in [4.78, 5) is 12.5. The van der Waals surface area contributed by atoms with Crippen LogP contribution in [0.15, 0.2) is 30.3 Å². The van der Waals surface area contributed by atoms with Gasteiger partial charge in [0.1, 0.15) is 5.75 Å². The van der Waals surface area contributed by atoms with Crippen molar-refractivity contribution in [3.05, 3.63) is 41.5 Å². The van der Waals surface area contributed by atoms with Gasteiger partial charge in [0.2, 0.25) is 5.75 Å². The van der Waals surface area contributed by atoms with Crippen molar-refractivity contribution in [3.8, 4) is 23.0 Å². The van der Waals surface area contributed by atoms with Crippen LogP contribution in [0.1, 0.15) is 15.9 Å². The molecule has 0 spiro atoms. The van der Waals surface area contributed by atoms with Crippen molar-refractivity contribution in [2.24, 2.45) is 0 Å². The molecular weight excluding hydrogens is 310 g/mol. The Bertz CT molecular complexity index is 725. The highest BCUT2D eigenvalue weighted by molar-refractivity contribution is 6.06. The normalized spacial score (nSPS) is 10.0. The van der Waals surface area contributed by atoms with E-state index in [1.807, 2.05) is 6.92 Å². The van der Waals surface area contributed by atoms with Crippen molar-refractivity contribution < 1.29 is 23.7 Å². The van der Waals surface area contributed by atoms with Crippen LogP contribution in [0, 0.1) is 6.92 Å². The maximum atomic E-state index is 12.5. The van der Waals surface area contributed by atoms with Gasteiger partial charge in [0.25, 0.3) is 5.91 Å². The minimum Gasteiger partial charge on any atom is -0.497 e. The molecule has 2 rings (SSSR count). The zero-order valence-electron chi connectivity index (χ0n) is 14.4. The van der Waals surface area contributed by atoms with Crippen LogP contribution >= 0.6 is 0 Å². The molecule has 0 fully saturated rings. The van der Waals surface area contributed by atoms with Crippen LogP contribution in [0.2, 0.25) is 0 Å². The molecule has 0 bridgehead atoms. The van der Waals surface area contributed by atoms with E-state index in [-0.39, 0.29) is 5.91 Å². The number of benzene rings is 2. The molecule has 0 unspecified atom stereocenters. The van der Waals surface area contributed by atoms with Crippen molar-refractivity contribution >= 4 is 11.6 Å². The van der Waals surface area contributed by atoms with Gasteiger partial charge in [0.05, 0.1) is 34.1 Å². The number of hydrogen-bond acceptors (Lipinski definition) is 5. The number of carbonyl (C=O) groups excluding carboxylic acids is 1. The lowest BCUT2D eigenvalue weighted by Gasteiger charge is -2.18. The molecule has 0 aliphatic rings. The lowest BCUT2D eigenvalue weighted by Crippen LogP contribution is -2.14. The second-order valence-electron chi connectivity index (χ2n) is 5.02. The van der Waals surface area contributed by atoms with Gasteiger partial charge in [-0.05, 0) is 42.8 Å². The predicted molar refractivity (Wildman–Crippen MR) is 91.8 cm³/mol. The molecule has 0 aliphatic carbocycles. The first kappa shape index (κ1) is 17.5. The largest absolute Gasteiger partial charge is 0.497 e. The third-order valence-corrected chi connectivity index (χ3v) is 3.62. The molecule has 128 valence electrons. The molecule has 0 aliphatic heterocycles. The van der Waals surface area contributed by atoms with Crippen LogP contribution in [-0.4, -0.2) is 34.3 Å². The highest BCUT2D eigenvalue weighted by atomic mass is 16.5. The topological polar surface area (TPSA) is 66.0 Å². The van der Waals surface area contributed by atoms with Crippen LogP contribution in [0.4, 0.5) is 5.69 Å². The summed E-state index contributed by atoms with van der Waals surface area (Å²) in [6, 6.07) is 8.62. The Morgan fingerprint density at radius 2 is 1.50 bits per heavy atom. The molecule has 6 heteroatoms. The summed E-state index contributed by atoms with van der Waals surface area (Å²) in [5.41, 5.74) is 1.84. The van der Waals surface area contributed by atoms with Crippen molar-refractivity contribution in [2.45, 2.75) is 6.92 Å². The number of hydrogen-bond donors (Lipinski definition) is 1. The van der Waals surface area contributed by atoms with Crippen molar-refractivity contribution in [1.82, 2.24) is 0 Å². The fourth-order valence-electron chi connectivity index (χ4n) is 2.36. The monoisotopic (exact) mass is 331 g/mol. The van der Waals surface area contributed by atoms with Crippen LogP contribution in [0.3, 0.4) is 0 Å². The van der Waals surface area contributed by atoms with Gasteiger partial charge in [-0.25, -0.2) is 0 Å². The number of amides is 1. The van der Waals surface area contributed by atoms with Crippen LogP contribution in [-0.2, 0) is 0 Å². The first-order valence-electron chi connectivity index (χ1n) is 7.30. The van der Waals surface area contributed by atoms with E-state index in [1.165, 1.54) is 14.2 Å². The van der Waals surface area contributed by atoms with E-state index < -0.39 is 0 Å². The van der Waals surface area contributed by atoms with E-state index in [9.17, 15) is 4.79 Å². The molecule has 1 N–H and O–H groups in total. The first-order valence-corrected chi connectivity index (χ1v) is 7.30. The smallest absolute Gasteiger partial charge is 0.255 e. The average molecular weight is 331 g/mol. The summed E-state index contributed by atoms with van der Waals surface area (Å²) in [6.07, 6.45) is 0. The molecular formula is C18H21NO5. The fraction of sp³-hybridized carbons (Fsp3) is 0.278. The van der Waals surface area contributed by atoms with Gasteiger partial charge in [-0.3, -0.25) is 4.79 Å². The van der Waals surface area contributed by atoms with Gasteiger partial charge in [0.15, 0.2) is 11.5 Å². The molecule has 0 heterocycles. The quantitative estimate of drug-likeness (QED) is 0.880. The summed E-state index contributed by atoms with van der Waals surface area (Å²) < 4.78 is 21.2. The maximum Gasteiger partial charge on any atom is 0.255 e. The zero-order chi connectivity index (χ0) is 17.7. The Hall–Kier alpha value is -2.89. The molecule has 0 radical (unpaired) electrons. The third kappa shape index (κ3) is 3.37. The zero-order valence-corrected chi connectivity index (χ0v) is 14.4. The molecule has 1 amide bonds. The van der Waals surface area contributed by atoms with Crippen molar-refractivity contribution in [1.29, 1.82) is 0 Å². The van der Waals surface area contributed by atoms with Gasteiger partial charge in [-0.15, -0.1) is 0 Å². The summed E-state index contributed by atoms with van der Waals surface area (Å²) in [5.74, 6) is 1.80. The number of nitrogens with one attached hydrogen (secondary N) is 1. The third-order valence-electron chi connectivity index (χ3n) is 3.62. The van der Waals surface area contributed by atoms with Crippen LogP contribution in [0.25, 0.3) is 0 Å². The predicted octanol–water partition coefficient (Wildman–Crippen LogP) is 3.28. The molecule has 6 nitrogen and oxygen atoms in total. The Balaban J connectivity index is 2.38. The number of carbonyl (C=O) groups is 1. The molecule has 2 aromatic carbocycles. The maximum absolute atomic E-state index is 12.5. The Morgan fingerprint density at radius 3 is 2.00 bits per heavy atom. The van der Waals surface area contributed by atoms with E-state index >= 15 is 0 Å². The van der Waals surface area contributed by atoms with Crippen LogP contribution < -0.4 is 24.3 Å². The van der Waals surface area contributed by atoms with Crippen molar-refractivity contribution in [2.75, 3.05) is 33.8 Å². The Morgan fingerprint density at radius 1 is 0.875 bits per heavy atom. The van der Waals surface area contributed by atoms with Gasteiger partial charge in [0, 0.05) is 5.56 Å². The Kier molecular flexibility index (Phi) is 5.52. The summed E-state index contributed by atoms with van der Waals surface area (Å²) in [5, 5.41) is 2.87. The number of anilines is 1. The highest BCUT2D eigenvalue weighted by Gasteiger charge is 2.20. The number of methoxy groups -OCH3 is 4. The van der Waals surface area contributed by atoms with Gasteiger partial charge in [-0.2, -0.15) is 0 Å². The van der Waals surface area contributed by atoms with E-state index in [2.05, 4.69) is 5.32 Å². The summed E-state index contributed by atoms with van der Waals surface area (Å²) in [7, 11) is 6.16. The minimum absolute atomic E-state index is 0.258. The Labute approximate surface area is 141 Å². The second-order valence-corrected chi connectivity index (χ2v) is 5.02. The molecule has 0 saturated heterocycles. The molecule has 2 aromatic rings. The van der Waals surface area contributed by atoms with E-state index in [1.54, 1.807) is 44.6 Å². The SMILES string of the molecule is COc1ccc(C(=O)Nc2c(C)cc(OC)c(OC)c2OC)cc1. The van der Waals surface area contributed by atoms with Gasteiger partial charge >= 0.3 is 0 Å².